The van der Waals surface area contributed by atoms with Gasteiger partial charge in [0, 0.05) is 24.0 Å². The van der Waals surface area contributed by atoms with Crippen LogP contribution in [0.1, 0.15) is 29.2 Å². The summed E-state index contributed by atoms with van der Waals surface area (Å²) in [5, 5.41) is 8.04. The Morgan fingerprint density at radius 3 is 2.82 bits per heavy atom. The average Bonchev–Trinajstić information content (AvgIpc) is 3.22. The van der Waals surface area contributed by atoms with E-state index in [-0.39, 0.29) is 17.9 Å². The normalized spacial score (nSPS) is 16.2. The van der Waals surface area contributed by atoms with Crippen LogP contribution in [-0.2, 0) is 4.79 Å². The maximum absolute atomic E-state index is 14.4. The minimum atomic E-state index is -0.669. The summed E-state index contributed by atoms with van der Waals surface area (Å²) in [5.41, 5.74) is 2.52. The highest BCUT2D eigenvalue weighted by molar-refractivity contribution is 7.20. The summed E-state index contributed by atoms with van der Waals surface area (Å²) in [4.78, 5) is 17.0. The molecule has 5 nitrogen and oxygen atoms in total. The molecule has 2 aromatic carbocycles. The molecule has 0 radical (unpaired) electrons. The summed E-state index contributed by atoms with van der Waals surface area (Å²) in [7, 11) is 0. The van der Waals surface area contributed by atoms with Gasteiger partial charge in [0.2, 0.25) is 11.0 Å². The molecule has 0 saturated heterocycles. The summed E-state index contributed by atoms with van der Waals surface area (Å²) >= 11 is 1.45. The second-order valence-corrected chi connectivity index (χ2v) is 7.70. The smallest absolute Gasteiger partial charge is 0.226 e. The van der Waals surface area contributed by atoms with Crippen molar-refractivity contribution in [3.63, 3.8) is 0 Å². The first-order valence-corrected chi connectivity index (χ1v) is 9.53. The summed E-state index contributed by atoms with van der Waals surface area (Å²) < 4.78 is 30.4. The Balaban J connectivity index is 1.69. The van der Waals surface area contributed by atoms with Crippen LogP contribution in [0.2, 0.25) is 0 Å². The first-order chi connectivity index (χ1) is 13.5. The quantitative estimate of drug-likeness (QED) is 0.541. The van der Waals surface area contributed by atoms with Crippen LogP contribution in [0, 0.1) is 18.6 Å². The molecule has 140 valence electrons. The number of nitrogens with one attached hydrogen (secondary N) is 1. The van der Waals surface area contributed by atoms with Gasteiger partial charge in [-0.15, -0.1) is 0 Å². The molecule has 2 aromatic heterocycles. The fourth-order valence-corrected chi connectivity index (χ4v) is 4.61. The van der Waals surface area contributed by atoms with Crippen molar-refractivity contribution < 1.29 is 13.6 Å². The van der Waals surface area contributed by atoms with Gasteiger partial charge in [0.1, 0.15) is 17.5 Å². The number of aromatic nitrogens is 3. The molecule has 1 N–H and O–H groups in total. The molecule has 28 heavy (non-hydrogen) atoms. The largest absolute Gasteiger partial charge is 0.310 e. The van der Waals surface area contributed by atoms with Gasteiger partial charge < -0.3 is 5.32 Å². The summed E-state index contributed by atoms with van der Waals surface area (Å²) in [5.74, 6) is -1.61. The van der Waals surface area contributed by atoms with Gasteiger partial charge in [-0.05, 0) is 30.7 Å². The number of halogens is 2. The molecule has 4 aromatic rings. The Morgan fingerprint density at radius 2 is 2.04 bits per heavy atom. The number of thiazole rings is 1. The molecular weight excluding hydrogens is 382 g/mol. The van der Waals surface area contributed by atoms with Crippen molar-refractivity contribution in [2.45, 2.75) is 19.3 Å². The number of benzene rings is 2. The van der Waals surface area contributed by atoms with Gasteiger partial charge in [0.15, 0.2) is 0 Å². The van der Waals surface area contributed by atoms with E-state index < -0.39 is 17.6 Å². The number of nitrogens with zero attached hydrogens (tertiary/aromatic N) is 3. The van der Waals surface area contributed by atoms with Gasteiger partial charge in [-0.3, -0.25) is 4.79 Å². The lowest BCUT2D eigenvalue weighted by Crippen LogP contribution is -2.25. The minimum absolute atomic E-state index is 0.0714. The number of hydrogen-bond donors (Lipinski definition) is 1. The zero-order valence-corrected chi connectivity index (χ0v) is 15.6. The zero-order chi connectivity index (χ0) is 19.4. The van der Waals surface area contributed by atoms with Crippen LogP contribution in [0.25, 0.3) is 15.3 Å². The number of para-hydroxylation sites is 1. The molecule has 8 heteroatoms. The highest BCUT2D eigenvalue weighted by Gasteiger charge is 2.34. The molecule has 0 fully saturated rings. The summed E-state index contributed by atoms with van der Waals surface area (Å²) in [6.45, 7) is 1.81. The Bertz CT molecular complexity index is 1210. The first kappa shape index (κ1) is 17.0. The van der Waals surface area contributed by atoms with Crippen LogP contribution in [0.4, 0.5) is 14.6 Å². The van der Waals surface area contributed by atoms with Gasteiger partial charge in [0.25, 0.3) is 0 Å². The van der Waals surface area contributed by atoms with E-state index in [1.807, 2.05) is 31.2 Å². The molecule has 1 atom stereocenters. The average molecular weight is 396 g/mol. The SMILES string of the molecule is Cc1nn(-c2nc3ccccc3s2)c2c1[C@@H](c1ccc(F)cc1F)CC(=O)N2. The molecule has 1 aliphatic rings. The third-order valence-corrected chi connectivity index (χ3v) is 5.92. The molecule has 0 unspecified atom stereocenters. The van der Waals surface area contributed by atoms with Crippen LogP contribution in [0.15, 0.2) is 42.5 Å². The number of hydrogen-bond acceptors (Lipinski definition) is 4. The van der Waals surface area contributed by atoms with Crippen molar-refractivity contribution >= 4 is 33.3 Å². The Hall–Kier alpha value is -3.13. The number of fused-ring (bicyclic) bond motifs is 2. The molecule has 3 heterocycles. The number of anilines is 1. The third kappa shape index (κ3) is 2.60. The van der Waals surface area contributed by atoms with Crippen molar-refractivity contribution in [2.24, 2.45) is 0 Å². The van der Waals surface area contributed by atoms with Crippen molar-refractivity contribution in [2.75, 3.05) is 5.32 Å². The zero-order valence-electron chi connectivity index (χ0n) is 14.7. The van der Waals surface area contributed by atoms with Crippen molar-refractivity contribution in [1.82, 2.24) is 14.8 Å². The van der Waals surface area contributed by atoms with Gasteiger partial charge in [-0.1, -0.05) is 29.5 Å². The summed E-state index contributed by atoms with van der Waals surface area (Å²) in [6.07, 6.45) is 0.0714. The van der Waals surface area contributed by atoms with E-state index in [0.29, 0.717) is 16.6 Å². The lowest BCUT2D eigenvalue weighted by atomic mass is 9.85. The fourth-order valence-electron chi connectivity index (χ4n) is 3.69. The number of aryl methyl sites for hydroxylation is 1. The molecule has 0 bridgehead atoms. The Morgan fingerprint density at radius 1 is 1.21 bits per heavy atom. The highest BCUT2D eigenvalue weighted by Crippen LogP contribution is 2.41. The molecule has 0 spiro atoms. The molecular formula is C20H14F2N4OS. The van der Waals surface area contributed by atoms with E-state index in [2.05, 4.69) is 15.4 Å². The number of rotatable bonds is 2. The molecule has 1 amide bonds. The fraction of sp³-hybridized carbons (Fsp3) is 0.150. The van der Waals surface area contributed by atoms with E-state index in [4.69, 9.17) is 0 Å². The molecule has 5 rings (SSSR count). The van der Waals surface area contributed by atoms with E-state index in [9.17, 15) is 13.6 Å². The number of carbonyl (C=O) groups is 1. The predicted octanol–water partition coefficient (Wildman–Crippen LogP) is 4.54. The van der Waals surface area contributed by atoms with E-state index in [1.165, 1.54) is 23.5 Å². The van der Waals surface area contributed by atoms with Gasteiger partial charge in [0.05, 0.1) is 15.9 Å². The van der Waals surface area contributed by atoms with Gasteiger partial charge in [-0.2, -0.15) is 9.78 Å². The van der Waals surface area contributed by atoms with Crippen molar-refractivity contribution in [3.8, 4) is 5.13 Å². The lowest BCUT2D eigenvalue weighted by Gasteiger charge is -2.24. The number of amides is 1. The maximum atomic E-state index is 14.4. The highest BCUT2D eigenvalue weighted by atomic mass is 32.1. The van der Waals surface area contributed by atoms with Crippen LogP contribution in [-0.4, -0.2) is 20.7 Å². The Labute approximate surface area is 162 Å². The second kappa shape index (κ2) is 6.20. The second-order valence-electron chi connectivity index (χ2n) is 6.69. The van der Waals surface area contributed by atoms with Crippen molar-refractivity contribution in [3.05, 3.63) is 70.9 Å². The molecule has 1 aliphatic heterocycles. The van der Waals surface area contributed by atoms with Crippen LogP contribution in [0.5, 0.6) is 0 Å². The van der Waals surface area contributed by atoms with Crippen molar-refractivity contribution in [1.29, 1.82) is 0 Å². The third-order valence-electron chi connectivity index (χ3n) is 4.90. The van der Waals surface area contributed by atoms with Crippen LogP contribution < -0.4 is 5.32 Å². The lowest BCUT2D eigenvalue weighted by molar-refractivity contribution is -0.116. The van der Waals surface area contributed by atoms with Gasteiger partial charge >= 0.3 is 0 Å². The minimum Gasteiger partial charge on any atom is -0.310 e. The van der Waals surface area contributed by atoms with E-state index in [1.54, 1.807) is 4.68 Å². The maximum Gasteiger partial charge on any atom is 0.226 e. The monoisotopic (exact) mass is 396 g/mol. The standard InChI is InChI=1S/C20H14F2N4OS/c1-10-18-13(12-7-6-11(21)8-14(12)22)9-17(27)24-19(18)26(25-10)20-23-15-4-2-3-5-16(15)28-20/h2-8,13H,9H2,1H3,(H,24,27)/t13-/m1/s1. The van der Waals surface area contributed by atoms with E-state index >= 15 is 0 Å². The summed E-state index contributed by atoms with van der Waals surface area (Å²) in [6, 6.07) is 11.2. The van der Waals surface area contributed by atoms with Crippen LogP contribution >= 0.6 is 11.3 Å². The molecule has 0 saturated carbocycles. The number of carbonyl (C=O) groups excluding carboxylic acids is 1. The van der Waals surface area contributed by atoms with Crippen LogP contribution in [0.3, 0.4) is 0 Å². The predicted molar refractivity (Wildman–Crippen MR) is 103 cm³/mol. The Kier molecular flexibility index (Phi) is 3.77. The van der Waals surface area contributed by atoms with Gasteiger partial charge in [-0.25, -0.2) is 13.8 Å². The topological polar surface area (TPSA) is 59.8 Å². The van der Waals surface area contributed by atoms with E-state index in [0.717, 1.165) is 21.8 Å². The molecule has 0 aliphatic carbocycles. The first-order valence-electron chi connectivity index (χ1n) is 8.71.